The lowest BCUT2D eigenvalue weighted by atomic mass is 10.0. The molecule has 14 nitrogen and oxygen atoms in total. The quantitative estimate of drug-likeness (QED) is 0.352. The number of nitrogens with one attached hydrogen (secondary N) is 1. The van der Waals surface area contributed by atoms with Gasteiger partial charge in [-0.15, -0.1) is 0 Å². The number of nitrogens with zero attached hydrogens (tertiary/aromatic N) is 2. The van der Waals surface area contributed by atoms with Crippen molar-refractivity contribution in [1.29, 1.82) is 0 Å². The molecule has 1 heterocycles. The Morgan fingerprint density at radius 2 is 1.50 bits per heavy atom. The summed E-state index contributed by atoms with van der Waals surface area (Å²) in [5.74, 6) is 0.385. The molecule has 2 aromatic carbocycles. The van der Waals surface area contributed by atoms with Crippen LogP contribution in [0, 0.1) is 26.1 Å². The number of primary sulfonamides is 2. The van der Waals surface area contributed by atoms with E-state index in [0.717, 1.165) is 25.0 Å². The topological polar surface area (TPSA) is 228 Å². The minimum atomic E-state index is -3.96. The van der Waals surface area contributed by atoms with Gasteiger partial charge in [-0.05, 0) is 37.0 Å². The second-order valence-corrected chi connectivity index (χ2v) is 10.3. The maximum Gasteiger partial charge on any atom is 0.293 e. The molecule has 5 N–H and O–H groups in total. The molecule has 3 rings (SSSR count). The molecule has 16 heteroatoms. The third-order valence-corrected chi connectivity index (χ3v) is 6.60. The summed E-state index contributed by atoms with van der Waals surface area (Å²) in [5.41, 5.74) is -0.306. The SMILES string of the molecule is NS(=O)(=O)c1ccc(NCC2CCOCC2)c([N+](=O)[O-])c1.NS(=O)(=O)c1cccc([N+](=O)[O-])c1. The van der Waals surface area contributed by atoms with Crippen molar-refractivity contribution in [2.24, 2.45) is 16.2 Å². The Labute approximate surface area is 195 Å². The average molecular weight is 518 g/mol. The summed E-state index contributed by atoms with van der Waals surface area (Å²) in [4.78, 5) is 19.5. The van der Waals surface area contributed by atoms with Crippen molar-refractivity contribution in [3.63, 3.8) is 0 Å². The molecule has 1 saturated heterocycles. The van der Waals surface area contributed by atoms with Crippen molar-refractivity contribution in [3.05, 3.63) is 62.7 Å². The van der Waals surface area contributed by atoms with Crippen LogP contribution in [0.3, 0.4) is 0 Å². The van der Waals surface area contributed by atoms with Crippen LogP contribution in [-0.2, 0) is 24.8 Å². The molecule has 2 aromatic rings. The van der Waals surface area contributed by atoms with Crippen LogP contribution in [0.25, 0.3) is 0 Å². The van der Waals surface area contributed by atoms with Crippen LogP contribution in [0.2, 0.25) is 0 Å². The Bertz CT molecular complexity index is 1260. The molecule has 0 radical (unpaired) electrons. The normalized spacial score (nSPS) is 14.5. The maximum absolute atomic E-state index is 11.2. The maximum atomic E-state index is 11.2. The average Bonchev–Trinajstić information content (AvgIpc) is 2.77. The smallest absolute Gasteiger partial charge is 0.293 e. The largest absolute Gasteiger partial charge is 0.381 e. The number of anilines is 1. The number of nitro benzene ring substituents is 2. The summed E-state index contributed by atoms with van der Waals surface area (Å²) in [7, 11) is -7.82. The van der Waals surface area contributed by atoms with Gasteiger partial charge in [0.1, 0.15) is 5.69 Å². The van der Waals surface area contributed by atoms with Gasteiger partial charge < -0.3 is 10.1 Å². The summed E-state index contributed by atoms with van der Waals surface area (Å²) in [6, 6.07) is 8.16. The lowest BCUT2D eigenvalue weighted by molar-refractivity contribution is -0.385. The molecule has 186 valence electrons. The molecule has 0 saturated carbocycles. The van der Waals surface area contributed by atoms with Gasteiger partial charge in [0.05, 0.1) is 19.6 Å². The molecule has 0 aromatic heterocycles. The van der Waals surface area contributed by atoms with E-state index < -0.39 is 29.9 Å². The van der Waals surface area contributed by atoms with Gasteiger partial charge in [0, 0.05) is 38.0 Å². The third-order valence-electron chi connectivity index (χ3n) is 4.77. The molecule has 34 heavy (non-hydrogen) atoms. The van der Waals surface area contributed by atoms with Crippen LogP contribution < -0.4 is 15.6 Å². The van der Waals surface area contributed by atoms with Crippen LogP contribution in [0.15, 0.2) is 52.3 Å². The van der Waals surface area contributed by atoms with Crippen LogP contribution in [0.4, 0.5) is 17.1 Å². The second kappa shape index (κ2) is 11.3. The number of non-ortho nitro benzene ring substituents is 1. The molecule has 1 aliphatic rings. The van der Waals surface area contributed by atoms with Crippen LogP contribution in [0.1, 0.15) is 12.8 Å². The Morgan fingerprint density at radius 1 is 0.912 bits per heavy atom. The Hall–Kier alpha value is -3.18. The van der Waals surface area contributed by atoms with E-state index in [4.69, 9.17) is 15.0 Å². The van der Waals surface area contributed by atoms with Gasteiger partial charge in [-0.3, -0.25) is 20.2 Å². The van der Waals surface area contributed by atoms with Crippen molar-refractivity contribution >= 4 is 37.1 Å². The lowest BCUT2D eigenvalue weighted by Gasteiger charge is -2.22. The molecule has 0 atom stereocenters. The number of nitro groups is 2. The van der Waals surface area contributed by atoms with Gasteiger partial charge in [0.15, 0.2) is 0 Å². The minimum absolute atomic E-state index is 0.262. The highest BCUT2D eigenvalue weighted by Gasteiger charge is 2.20. The summed E-state index contributed by atoms with van der Waals surface area (Å²) >= 11 is 0. The van der Waals surface area contributed by atoms with Gasteiger partial charge >= 0.3 is 0 Å². The van der Waals surface area contributed by atoms with Gasteiger partial charge in [0.25, 0.3) is 11.4 Å². The molecule has 1 aliphatic heterocycles. The van der Waals surface area contributed by atoms with Crippen molar-refractivity contribution in [3.8, 4) is 0 Å². The molecule has 0 amide bonds. The molecule has 0 aliphatic carbocycles. The van der Waals surface area contributed by atoms with Crippen molar-refractivity contribution in [2.75, 3.05) is 25.1 Å². The zero-order valence-electron chi connectivity index (χ0n) is 17.7. The Morgan fingerprint density at radius 3 is 2.03 bits per heavy atom. The monoisotopic (exact) mass is 517 g/mol. The standard InChI is InChI=1S/C12H17N3O5S.C6H6N2O4S/c13-21(18,19)10-1-2-11(12(7-10)15(16)17)14-8-9-3-5-20-6-4-9;7-13(11,12)6-3-1-2-5(4-6)8(9)10/h1-2,7,9,14H,3-6,8H2,(H2,13,18,19);1-4H,(H2,7,11,12). The van der Waals surface area contributed by atoms with E-state index in [1.807, 2.05) is 0 Å². The summed E-state index contributed by atoms with van der Waals surface area (Å²) in [6.07, 6.45) is 1.80. The molecule has 0 spiro atoms. The third kappa shape index (κ3) is 7.99. The van der Waals surface area contributed by atoms with Crippen LogP contribution in [-0.4, -0.2) is 46.4 Å². The number of sulfonamides is 2. The fraction of sp³-hybridized carbons (Fsp3) is 0.333. The molecule has 0 bridgehead atoms. The van der Waals surface area contributed by atoms with Crippen molar-refractivity contribution in [2.45, 2.75) is 22.6 Å². The number of rotatable bonds is 7. The fourth-order valence-corrected chi connectivity index (χ4v) is 4.05. The Balaban J connectivity index is 0.000000270. The summed E-state index contributed by atoms with van der Waals surface area (Å²) < 4.78 is 49.3. The highest BCUT2D eigenvalue weighted by Crippen LogP contribution is 2.28. The number of hydrogen-bond donors (Lipinski definition) is 3. The van der Waals surface area contributed by atoms with Gasteiger partial charge in [-0.1, -0.05) is 6.07 Å². The lowest BCUT2D eigenvalue weighted by Crippen LogP contribution is -2.23. The Kier molecular flexibility index (Phi) is 9.00. The van der Waals surface area contributed by atoms with Crippen LogP contribution >= 0.6 is 0 Å². The van der Waals surface area contributed by atoms with Gasteiger partial charge in [-0.2, -0.15) is 0 Å². The van der Waals surface area contributed by atoms with E-state index in [9.17, 15) is 37.1 Å². The molecule has 1 fully saturated rings. The second-order valence-electron chi connectivity index (χ2n) is 7.22. The zero-order chi connectivity index (χ0) is 25.5. The zero-order valence-corrected chi connectivity index (χ0v) is 19.3. The highest BCUT2D eigenvalue weighted by atomic mass is 32.2. The highest BCUT2D eigenvalue weighted by molar-refractivity contribution is 7.89. The first-order valence-corrected chi connectivity index (χ1v) is 12.8. The van der Waals surface area contributed by atoms with E-state index in [1.165, 1.54) is 30.3 Å². The van der Waals surface area contributed by atoms with E-state index in [0.29, 0.717) is 31.4 Å². The first-order valence-electron chi connectivity index (χ1n) is 9.69. The van der Waals surface area contributed by atoms with Crippen molar-refractivity contribution in [1.82, 2.24) is 0 Å². The fourth-order valence-electron chi connectivity index (χ4n) is 2.97. The summed E-state index contributed by atoms with van der Waals surface area (Å²) in [5, 5.41) is 34.1. The molecular weight excluding hydrogens is 494 g/mol. The van der Waals surface area contributed by atoms with Gasteiger partial charge in [0.2, 0.25) is 20.0 Å². The minimum Gasteiger partial charge on any atom is -0.381 e. The predicted molar refractivity (Wildman–Crippen MR) is 121 cm³/mol. The van der Waals surface area contributed by atoms with Gasteiger partial charge in [-0.25, -0.2) is 27.1 Å². The van der Waals surface area contributed by atoms with E-state index in [1.54, 1.807) is 0 Å². The number of ether oxygens (including phenoxy) is 1. The molecular formula is C18H23N5O9S2. The van der Waals surface area contributed by atoms with E-state index in [2.05, 4.69) is 5.32 Å². The first-order chi connectivity index (χ1) is 15.8. The van der Waals surface area contributed by atoms with E-state index >= 15 is 0 Å². The number of hydrogen-bond acceptors (Lipinski definition) is 10. The van der Waals surface area contributed by atoms with Crippen molar-refractivity contribution < 1.29 is 31.4 Å². The first kappa shape index (κ1) is 27.1. The van der Waals surface area contributed by atoms with Crippen LogP contribution in [0.5, 0.6) is 0 Å². The number of benzene rings is 2. The number of nitrogens with two attached hydrogens (primary N) is 2. The van der Waals surface area contributed by atoms with E-state index in [-0.39, 0.29) is 21.2 Å². The summed E-state index contributed by atoms with van der Waals surface area (Å²) in [6.45, 7) is 1.97. The predicted octanol–water partition coefficient (Wildman–Crippen LogP) is 1.32. The molecule has 0 unspecified atom stereocenters.